The van der Waals surface area contributed by atoms with Crippen molar-refractivity contribution in [2.24, 2.45) is 0 Å². The summed E-state index contributed by atoms with van der Waals surface area (Å²) in [6.07, 6.45) is 5.59. The minimum absolute atomic E-state index is 0.138. The summed E-state index contributed by atoms with van der Waals surface area (Å²) in [6, 6.07) is 21.2. The standard InChI is InChI=1S/C18H18O/c1-3-9-15(10-4-1)18(16-11-5-2-6-12-16)17-13-7-8-14-19-17/h1-7,9-13,17-18H,8,14H2/t17-/m1/s1. The van der Waals surface area contributed by atoms with Crippen molar-refractivity contribution in [1.29, 1.82) is 0 Å². The lowest BCUT2D eigenvalue weighted by molar-refractivity contribution is 0.0693. The summed E-state index contributed by atoms with van der Waals surface area (Å²) in [4.78, 5) is 0. The maximum atomic E-state index is 5.96. The smallest absolute Gasteiger partial charge is 0.0865 e. The maximum absolute atomic E-state index is 5.96. The lowest BCUT2D eigenvalue weighted by atomic mass is 9.86. The van der Waals surface area contributed by atoms with Gasteiger partial charge in [-0.25, -0.2) is 0 Å². The molecule has 19 heavy (non-hydrogen) atoms. The van der Waals surface area contributed by atoms with Gasteiger partial charge in [0.15, 0.2) is 0 Å². The maximum Gasteiger partial charge on any atom is 0.0865 e. The highest BCUT2D eigenvalue weighted by molar-refractivity contribution is 5.35. The van der Waals surface area contributed by atoms with E-state index in [9.17, 15) is 0 Å². The van der Waals surface area contributed by atoms with Crippen molar-refractivity contribution >= 4 is 0 Å². The van der Waals surface area contributed by atoms with Gasteiger partial charge in [-0.05, 0) is 17.5 Å². The molecule has 2 aromatic carbocycles. The first-order valence-corrected chi connectivity index (χ1v) is 6.83. The molecule has 1 aliphatic rings. The topological polar surface area (TPSA) is 9.23 Å². The Morgan fingerprint density at radius 2 is 1.42 bits per heavy atom. The molecular weight excluding hydrogens is 232 g/mol. The Balaban J connectivity index is 2.01. The highest BCUT2D eigenvalue weighted by atomic mass is 16.5. The van der Waals surface area contributed by atoms with Crippen molar-refractivity contribution in [3.63, 3.8) is 0 Å². The first kappa shape index (κ1) is 12.2. The fraction of sp³-hybridized carbons (Fsp3) is 0.222. The molecule has 0 aliphatic carbocycles. The number of ether oxygens (including phenoxy) is 1. The summed E-state index contributed by atoms with van der Waals surface area (Å²) in [6.45, 7) is 0.817. The average Bonchev–Trinajstić information content (AvgIpc) is 2.51. The van der Waals surface area contributed by atoms with Gasteiger partial charge in [0.25, 0.3) is 0 Å². The molecule has 0 amide bonds. The minimum atomic E-state index is 0.138. The van der Waals surface area contributed by atoms with Gasteiger partial charge in [-0.3, -0.25) is 0 Å². The molecule has 0 spiro atoms. The van der Waals surface area contributed by atoms with E-state index in [2.05, 4.69) is 72.8 Å². The molecule has 0 saturated heterocycles. The van der Waals surface area contributed by atoms with Crippen LogP contribution in [0.5, 0.6) is 0 Å². The molecule has 1 atom stereocenters. The van der Waals surface area contributed by atoms with Crippen LogP contribution in [0.3, 0.4) is 0 Å². The first-order chi connectivity index (χ1) is 9.45. The van der Waals surface area contributed by atoms with Gasteiger partial charge >= 0.3 is 0 Å². The van der Waals surface area contributed by atoms with E-state index in [-0.39, 0.29) is 12.0 Å². The predicted molar refractivity (Wildman–Crippen MR) is 78.2 cm³/mol. The summed E-state index contributed by atoms with van der Waals surface area (Å²) in [5.41, 5.74) is 2.62. The van der Waals surface area contributed by atoms with Crippen LogP contribution in [0.2, 0.25) is 0 Å². The van der Waals surface area contributed by atoms with Crippen LogP contribution >= 0.6 is 0 Å². The molecule has 96 valence electrons. The second kappa shape index (κ2) is 5.85. The lowest BCUT2D eigenvalue weighted by Crippen LogP contribution is -2.24. The van der Waals surface area contributed by atoms with E-state index >= 15 is 0 Å². The van der Waals surface area contributed by atoms with Gasteiger partial charge in [-0.2, -0.15) is 0 Å². The molecule has 0 unspecified atom stereocenters. The normalized spacial score (nSPS) is 18.7. The monoisotopic (exact) mass is 250 g/mol. The van der Waals surface area contributed by atoms with Gasteiger partial charge in [-0.15, -0.1) is 0 Å². The fourth-order valence-electron chi connectivity index (χ4n) is 2.66. The van der Waals surface area contributed by atoms with Crippen molar-refractivity contribution in [3.05, 3.63) is 83.9 Å². The van der Waals surface area contributed by atoms with Crippen molar-refractivity contribution in [2.75, 3.05) is 6.61 Å². The molecule has 1 aliphatic heterocycles. The third-order valence-corrected chi connectivity index (χ3v) is 3.57. The van der Waals surface area contributed by atoms with Gasteiger partial charge in [0.05, 0.1) is 12.7 Å². The molecule has 0 saturated carbocycles. The summed E-state index contributed by atoms with van der Waals surface area (Å²) in [5.74, 6) is 0.277. The molecule has 1 nitrogen and oxygen atoms in total. The third kappa shape index (κ3) is 2.77. The van der Waals surface area contributed by atoms with E-state index in [1.54, 1.807) is 0 Å². The zero-order chi connectivity index (χ0) is 12.9. The molecular formula is C18H18O. The summed E-state index contributed by atoms with van der Waals surface area (Å²) >= 11 is 0. The minimum Gasteiger partial charge on any atom is -0.373 e. The second-order valence-electron chi connectivity index (χ2n) is 4.85. The Morgan fingerprint density at radius 3 is 1.89 bits per heavy atom. The van der Waals surface area contributed by atoms with Gasteiger partial charge in [0.1, 0.15) is 0 Å². The third-order valence-electron chi connectivity index (χ3n) is 3.57. The Hall–Kier alpha value is -1.86. The van der Waals surface area contributed by atoms with Crippen molar-refractivity contribution in [1.82, 2.24) is 0 Å². The van der Waals surface area contributed by atoms with Crippen LogP contribution < -0.4 is 0 Å². The van der Waals surface area contributed by atoms with Crippen LogP contribution in [0.25, 0.3) is 0 Å². The highest BCUT2D eigenvalue weighted by Gasteiger charge is 2.24. The average molecular weight is 250 g/mol. The summed E-state index contributed by atoms with van der Waals surface area (Å²) < 4.78 is 5.96. The Kier molecular flexibility index (Phi) is 3.75. The van der Waals surface area contributed by atoms with Gasteiger partial charge in [0.2, 0.25) is 0 Å². The molecule has 0 N–H and O–H groups in total. The van der Waals surface area contributed by atoms with Crippen molar-refractivity contribution < 1.29 is 4.74 Å². The van der Waals surface area contributed by atoms with Crippen LogP contribution in [0, 0.1) is 0 Å². The number of rotatable bonds is 3. The molecule has 3 rings (SSSR count). The van der Waals surface area contributed by atoms with Crippen LogP contribution in [-0.4, -0.2) is 12.7 Å². The zero-order valence-corrected chi connectivity index (χ0v) is 10.9. The van der Waals surface area contributed by atoms with Gasteiger partial charge < -0.3 is 4.74 Å². The quantitative estimate of drug-likeness (QED) is 0.743. The van der Waals surface area contributed by atoms with E-state index in [1.165, 1.54) is 11.1 Å². The van der Waals surface area contributed by atoms with E-state index < -0.39 is 0 Å². The van der Waals surface area contributed by atoms with Gasteiger partial charge in [0, 0.05) is 5.92 Å². The molecule has 1 heterocycles. The predicted octanol–water partition coefficient (Wildman–Crippen LogP) is 4.16. The lowest BCUT2D eigenvalue weighted by Gasteiger charge is -2.28. The Morgan fingerprint density at radius 1 is 0.842 bits per heavy atom. The second-order valence-corrected chi connectivity index (χ2v) is 4.85. The highest BCUT2D eigenvalue weighted by Crippen LogP contribution is 2.31. The van der Waals surface area contributed by atoms with E-state index in [0.29, 0.717) is 0 Å². The first-order valence-electron chi connectivity index (χ1n) is 6.83. The zero-order valence-electron chi connectivity index (χ0n) is 10.9. The molecule has 2 aromatic rings. The van der Waals surface area contributed by atoms with E-state index in [1.807, 2.05) is 0 Å². The molecule has 0 bridgehead atoms. The van der Waals surface area contributed by atoms with Crippen LogP contribution in [0.4, 0.5) is 0 Å². The Labute approximate surface area is 114 Å². The number of hydrogen-bond acceptors (Lipinski definition) is 1. The Bertz CT molecular complexity index is 491. The molecule has 0 radical (unpaired) electrons. The van der Waals surface area contributed by atoms with E-state index in [4.69, 9.17) is 4.74 Å². The molecule has 0 fully saturated rings. The largest absolute Gasteiger partial charge is 0.373 e. The summed E-state index contributed by atoms with van der Waals surface area (Å²) in [7, 11) is 0. The SMILES string of the molecule is C1=C[C@H](C(c2ccccc2)c2ccccc2)OCC1. The number of hydrogen-bond donors (Lipinski definition) is 0. The van der Waals surface area contributed by atoms with Gasteiger partial charge in [-0.1, -0.05) is 72.8 Å². The number of benzene rings is 2. The fourth-order valence-corrected chi connectivity index (χ4v) is 2.66. The van der Waals surface area contributed by atoms with Crippen LogP contribution in [0.1, 0.15) is 23.5 Å². The van der Waals surface area contributed by atoms with Crippen molar-refractivity contribution in [2.45, 2.75) is 18.4 Å². The molecule has 1 heteroatoms. The van der Waals surface area contributed by atoms with Crippen LogP contribution in [-0.2, 0) is 4.74 Å². The van der Waals surface area contributed by atoms with E-state index in [0.717, 1.165) is 13.0 Å². The summed E-state index contributed by atoms with van der Waals surface area (Å²) in [5, 5.41) is 0. The van der Waals surface area contributed by atoms with Crippen LogP contribution in [0.15, 0.2) is 72.8 Å². The molecule has 0 aromatic heterocycles. The van der Waals surface area contributed by atoms with Crippen molar-refractivity contribution in [3.8, 4) is 0 Å².